The van der Waals surface area contributed by atoms with Crippen LogP contribution in [0.15, 0.2) is 42.5 Å². The molecule has 1 nitrogen and oxygen atoms in total. The second-order valence-corrected chi connectivity index (χ2v) is 5.96. The maximum Gasteiger partial charge on any atom is 0.460 e. The van der Waals surface area contributed by atoms with E-state index in [0.717, 1.165) is 12.1 Å². The Morgan fingerprint density at radius 3 is 1.47 bits per heavy atom. The van der Waals surface area contributed by atoms with Gasteiger partial charge in [-0.15, -0.1) is 0 Å². The highest BCUT2D eigenvalue weighted by molar-refractivity contribution is 6.01. The Morgan fingerprint density at radius 2 is 1.07 bits per heavy atom. The van der Waals surface area contributed by atoms with E-state index in [0.29, 0.717) is 0 Å². The lowest BCUT2D eigenvalue weighted by Gasteiger charge is -2.39. The molecule has 1 aromatic carbocycles. The Balaban J connectivity index is 3.37. The van der Waals surface area contributed by atoms with Crippen LogP contribution in [-0.2, 0) is 11.2 Å². The van der Waals surface area contributed by atoms with Gasteiger partial charge in [0.05, 0.1) is 0 Å². The van der Waals surface area contributed by atoms with Gasteiger partial charge in [-0.05, 0) is 11.1 Å². The molecule has 0 atom stereocenters. The summed E-state index contributed by atoms with van der Waals surface area (Å²) in [4.78, 5) is 11.5. The molecule has 30 heavy (non-hydrogen) atoms. The molecule has 0 N–H and O–H groups in total. The molecule has 14 heteroatoms. The van der Waals surface area contributed by atoms with Crippen molar-refractivity contribution in [2.75, 3.05) is 0 Å². The van der Waals surface area contributed by atoms with Crippen LogP contribution in [0.4, 0.5) is 57.1 Å². The van der Waals surface area contributed by atoms with Gasteiger partial charge in [0.2, 0.25) is 5.78 Å². The summed E-state index contributed by atoms with van der Waals surface area (Å²) >= 11 is 0. The van der Waals surface area contributed by atoms with Crippen molar-refractivity contribution in [1.82, 2.24) is 0 Å². The van der Waals surface area contributed by atoms with Gasteiger partial charge in [0.15, 0.2) is 0 Å². The molecule has 0 amide bonds. The topological polar surface area (TPSA) is 17.1 Å². The summed E-state index contributed by atoms with van der Waals surface area (Å²) in [5.74, 6) is -41.6. The number of carbonyl (C=O) groups is 1. The first-order chi connectivity index (χ1) is 13.2. The van der Waals surface area contributed by atoms with Crippen LogP contribution < -0.4 is 0 Å². The number of ketones is 1. The van der Waals surface area contributed by atoms with Gasteiger partial charge >= 0.3 is 35.8 Å². The first kappa shape index (κ1) is 25.8. The third kappa shape index (κ3) is 3.75. The van der Waals surface area contributed by atoms with Crippen LogP contribution in [0.5, 0.6) is 0 Å². The van der Waals surface area contributed by atoms with Gasteiger partial charge < -0.3 is 0 Å². The summed E-state index contributed by atoms with van der Waals surface area (Å²) in [6.07, 6.45) is -8.47. The third-order valence-corrected chi connectivity index (χ3v) is 3.80. The van der Waals surface area contributed by atoms with E-state index < -0.39 is 53.6 Å². The van der Waals surface area contributed by atoms with Gasteiger partial charge in [0.1, 0.15) is 0 Å². The van der Waals surface area contributed by atoms with E-state index in [2.05, 4.69) is 6.58 Å². The Morgan fingerprint density at radius 1 is 0.667 bits per heavy atom. The molecule has 0 saturated heterocycles. The van der Waals surface area contributed by atoms with Crippen LogP contribution in [0.25, 0.3) is 0 Å². The molecule has 0 heterocycles. The summed E-state index contributed by atoms with van der Waals surface area (Å²) in [6, 6.07) is 6.21. The number of rotatable bonds is 8. The van der Waals surface area contributed by atoms with Crippen LogP contribution in [0.2, 0.25) is 0 Å². The van der Waals surface area contributed by atoms with Crippen molar-refractivity contribution in [3.05, 3.63) is 48.0 Å². The zero-order chi connectivity index (χ0) is 24.0. The number of hydrogen-bond acceptors (Lipinski definition) is 1. The molecule has 0 saturated carbocycles. The SMILES string of the molecule is C=C(Cc1ccccc1)C(=O)C(F)(F)C(F)(F)C(F)(F)C(F)(F)C(F)(F)C(F)(F)F. The predicted octanol–water partition coefficient (Wildman–Crippen LogP) is 6.09. The second kappa shape index (κ2) is 7.45. The first-order valence-corrected chi connectivity index (χ1v) is 7.38. The van der Waals surface area contributed by atoms with Crippen molar-refractivity contribution in [2.45, 2.75) is 42.2 Å². The summed E-state index contributed by atoms with van der Waals surface area (Å²) in [6.45, 7) is 2.64. The van der Waals surface area contributed by atoms with E-state index in [1.807, 2.05) is 0 Å². The van der Waals surface area contributed by atoms with Gasteiger partial charge in [0, 0.05) is 6.42 Å². The fourth-order valence-corrected chi connectivity index (χ4v) is 2.06. The number of benzene rings is 1. The average Bonchev–Trinajstić information content (AvgIpc) is 2.60. The van der Waals surface area contributed by atoms with Crippen LogP contribution in [0.1, 0.15) is 5.56 Å². The standard InChI is InChI=1S/C16H9F13O/c1-8(7-9-5-3-2-4-6-9)10(30)11(17,18)12(19,20)13(21,22)14(23,24)15(25,26)16(27,28)29/h2-6H,1,7H2. The molecule has 0 aromatic heterocycles. The smallest absolute Gasteiger partial charge is 0.287 e. The van der Waals surface area contributed by atoms with Gasteiger partial charge in [-0.2, -0.15) is 57.1 Å². The molecule has 0 spiro atoms. The van der Waals surface area contributed by atoms with Crippen molar-refractivity contribution in [2.24, 2.45) is 0 Å². The molecule has 0 aliphatic rings. The fourth-order valence-electron chi connectivity index (χ4n) is 2.06. The Bertz CT molecular complexity index is 793. The molecule has 0 unspecified atom stereocenters. The number of alkyl halides is 13. The normalized spacial score (nSPS) is 14.6. The molecular weight excluding hydrogens is 455 g/mol. The summed E-state index contributed by atoms with van der Waals surface area (Å²) in [5.41, 5.74) is -1.57. The maximum absolute atomic E-state index is 13.8. The molecule has 0 bridgehead atoms. The minimum absolute atomic E-state index is 0.0457. The van der Waals surface area contributed by atoms with E-state index >= 15 is 0 Å². The number of allylic oxidation sites excluding steroid dienone is 1. The molecular formula is C16H9F13O. The highest BCUT2D eigenvalue weighted by atomic mass is 19.4. The van der Waals surface area contributed by atoms with Crippen molar-refractivity contribution >= 4 is 5.78 Å². The van der Waals surface area contributed by atoms with E-state index in [4.69, 9.17) is 0 Å². The molecule has 0 aliphatic carbocycles. The lowest BCUT2D eigenvalue weighted by Crippen LogP contribution is -2.71. The highest BCUT2D eigenvalue weighted by Crippen LogP contribution is 2.60. The highest BCUT2D eigenvalue weighted by Gasteiger charge is 2.91. The predicted molar refractivity (Wildman–Crippen MR) is 75.1 cm³/mol. The largest absolute Gasteiger partial charge is 0.460 e. The first-order valence-electron chi connectivity index (χ1n) is 7.38. The zero-order valence-corrected chi connectivity index (χ0v) is 14.1. The van der Waals surface area contributed by atoms with Crippen molar-refractivity contribution in [3.8, 4) is 0 Å². The summed E-state index contributed by atoms with van der Waals surface area (Å²) in [5, 5.41) is 0. The molecule has 170 valence electrons. The Kier molecular flexibility index (Phi) is 6.39. The zero-order valence-electron chi connectivity index (χ0n) is 14.1. The Hall–Kier alpha value is -2.28. The second-order valence-electron chi connectivity index (χ2n) is 5.96. The minimum atomic E-state index is -8.05. The quantitative estimate of drug-likeness (QED) is 0.336. The summed E-state index contributed by atoms with van der Waals surface area (Å²) in [7, 11) is 0. The lowest BCUT2D eigenvalue weighted by molar-refractivity contribution is -0.435. The summed E-state index contributed by atoms with van der Waals surface area (Å²) < 4.78 is 169. The third-order valence-electron chi connectivity index (χ3n) is 3.80. The van der Waals surface area contributed by atoms with Crippen molar-refractivity contribution < 1.29 is 61.9 Å². The number of Topliss-reactive ketones (excluding diaryl/α,β-unsaturated/α-hetero) is 1. The maximum atomic E-state index is 13.8. The van der Waals surface area contributed by atoms with Gasteiger partial charge in [-0.3, -0.25) is 4.79 Å². The van der Waals surface area contributed by atoms with Gasteiger partial charge in [-0.25, -0.2) is 0 Å². The number of hydrogen-bond donors (Lipinski definition) is 0. The van der Waals surface area contributed by atoms with Gasteiger partial charge in [0.25, 0.3) is 0 Å². The van der Waals surface area contributed by atoms with Crippen LogP contribution in [0.3, 0.4) is 0 Å². The fraction of sp³-hybridized carbons (Fsp3) is 0.438. The molecule has 0 radical (unpaired) electrons. The van der Waals surface area contributed by atoms with Crippen molar-refractivity contribution in [3.63, 3.8) is 0 Å². The van der Waals surface area contributed by atoms with E-state index in [9.17, 15) is 61.9 Å². The van der Waals surface area contributed by atoms with Crippen LogP contribution >= 0.6 is 0 Å². The van der Waals surface area contributed by atoms with E-state index in [-0.39, 0.29) is 5.56 Å². The van der Waals surface area contributed by atoms with E-state index in [1.54, 1.807) is 0 Å². The average molecular weight is 464 g/mol. The molecule has 0 aliphatic heterocycles. The monoisotopic (exact) mass is 464 g/mol. The van der Waals surface area contributed by atoms with Gasteiger partial charge in [-0.1, -0.05) is 36.9 Å². The molecule has 1 aromatic rings. The van der Waals surface area contributed by atoms with E-state index in [1.165, 1.54) is 18.2 Å². The molecule has 0 fully saturated rings. The van der Waals surface area contributed by atoms with Crippen molar-refractivity contribution in [1.29, 1.82) is 0 Å². The molecule has 1 rings (SSSR count). The lowest BCUT2D eigenvalue weighted by atomic mass is 9.89. The van der Waals surface area contributed by atoms with Crippen LogP contribution in [0, 0.1) is 0 Å². The number of carbonyl (C=O) groups excluding carboxylic acids is 1. The number of halogens is 13. The van der Waals surface area contributed by atoms with Crippen LogP contribution in [-0.4, -0.2) is 41.6 Å². The minimum Gasteiger partial charge on any atom is -0.287 e. The Labute approximate surface area is 159 Å².